The zero-order valence-electron chi connectivity index (χ0n) is 20.7. The molecule has 0 atom stereocenters. The number of halogens is 4. The summed E-state index contributed by atoms with van der Waals surface area (Å²) >= 11 is 11.7. The lowest BCUT2D eigenvalue weighted by molar-refractivity contribution is -0.0987. The topological polar surface area (TPSA) is 90.3 Å². The first-order chi connectivity index (χ1) is 17.0. The number of aryl methyl sites for hydroxylation is 2. The fourth-order valence-corrected chi connectivity index (χ4v) is 3.19. The summed E-state index contributed by atoms with van der Waals surface area (Å²) in [4.78, 5) is 31.9. The van der Waals surface area contributed by atoms with Crippen molar-refractivity contribution in [1.82, 2.24) is 14.9 Å². The lowest BCUT2D eigenvalue weighted by Gasteiger charge is -2.14. The van der Waals surface area contributed by atoms with Crippen LogP contribution in [0, 0.1) is 6.92 Å². The zero-order valence-corrected chi connectivity index (χ0v) is 22.2. The van der Waals surface area contributed by atoms with E-state index in [2.05, 4.69) is 10.3 Å². The molecule has 3 aromatic rings. The van der Waals surface area contributed by atoms with Gasteiger partial charge in [0.2, 0.25) is 0 Å². The summed E-state index contributed by atoms with van der Waals surface area (Å²) in [6.07, 6.45) is 2.06. The SMILES string of the molecule is C=O.C=O.CCc1nc(C(=O)NC)cn1-c1cc(Cl)cc(C(C)(F)F)c1.COc1ccc(Cl)c(C)c1. The van der Waals surface area contributed by atoms with E-state index in [9.17, 15) is 13.6 Å². The van der Waals surface area contributed by atoms with Crippen LogP contribution in [0.1, 0.15) is 41.3 Å². The Labute approximate surface area is 219 Å². The molecule has 0 saturated carbocycles. The number of methoxy groups -OCH3 is 1. The van der Waals surface area contributed by atoms with E-state index < -0.39 is 5.92 Å². The van der Waals surface area contributed by atoms with E-state index in [1.54, 1.807) is 17.7 Å². The maximum absolute atomic E-state index is 13.6. The maximum Gasteiger partial charge on any atom is 0.271 e. The average Bonchev–Trinajstić information content (AvgIpc) is 3.32. The lowest BCUT2D eigenvalue weighted by atomic mass is 10.1. The fraction of sp³-hybridized carbons (Fsp3) is 0.280. The Morgan fingerprint density at radius 2 is 1.75 bits per heavy atom. The van der Waals surface area contributed by atoms with E-state index in [1.807, 2.05) is 45.6 Å². The van der Waals surface area contributed by atoms with Gasteiger partial charge in [-0.15, -0.1) is 0 Å². The average molecular weight is 544 g/mol. The first-order valence-electron chi connectivity index (χ1n) is 10.4. The summed E-state index contributed by atoms with van der Waals surface area (Å²) in [5.41, 5.74) is 1.53. The van der Waals surface area contributed by atoms with Crippen molar-refractivity contribution in [2.75, 3.05) is 14.2 Å². The second-order valence-electron chi connectivity index (χ2n) is 7.05. The number of carbonyl (C=O) groups excluding carboxylic acids is 3. The molecule has 1 N–H and O–H groups in total. The number of nitrogens with one attached hydrogen (secondary N) is 1. The van der Waals surface area contributed by atoms with Gasteiger partial charge in [0.25, 0.3) is 11.8 Å². The normalized spacial score (nSPS) is 9.92. The largest absolute Gasteiger partial charge is 0.497 e. The summed E-state index contributed by atoms with van der Waals surface area (Å²) in [6, 6.07) is 9.71. The molecule has 0 aliphatic heterocycles. The monoisotopic (exact) mass is 543 g/mol. The second kappa shape index (κ2) is 15.6. The van der Waals surface area contributed by atoms with Gasteiger partial charge in [-0.25, -0.2) is 13.8 Å². The van der Waals surface area contributed by atoms with Crippen LogP contribution in [0.5, 0.6) is 5.75 Å². The zero-order chi connectivity index (χ0) is 28.1. The molecule has 0 aliphatic carbocycles. The number of nitrogens with zero attached hydrogens (tertiary/aromatic N) is 2. The van der Waals surface area contributed by atoms with Crippen LogP contribution in [0.15, 0.2) is 42.6 Å². The lowest BCUT2D eigenvalue weighted by Crippen LogP contribution is -2.18. The third kappa shape index (κ3) is 9.39. The Bertz CT molecular complexity index is 1130. The van der Waals surface area contributed by atoms with Gasteiger partial charge in [0.1, 0.15) is 30.8 Å². The highest BCUT2D eigenvalue weighted by Gasteiger charge is 2.26. The van der Waals surface area contributed by atoms with Gasteiger partial charge in [-0.1, -0.05) is 30.1 Å². The van der Waals surface area contributed by atoms with Crippen molar-refractivity contribution in [3.05, 3.63) is 75.3 Å². The standard InChI is InChI=1S/C15H16ClF2N3O.C8H9ClO.2CH2O/c1-4-13-20-12(14(22)19-3)8-21(13)11-6-9(15(2,17)18)5-10(16)7-11;1-6-5-7(10-2)3-4-8(6)9;2*1-2/h5-8H,4H2,1-3H3,(H,19,22);3-5H,1-2H3;2*1H2. The second-order valence-corrected chi connectivity index (χ2v) is 7.89. The third-order valence-electron chi connectivity index (χ3n) is 4.59. The number of rotatable bonds is 5. The molecular weight excluding hydrogens is 515 g/mol. The molecule has 36 heavy (non-hydrogen) atoms. The van der Waals surface area contributed by atoms with E-state index in [-0.39, 0.29) is 22.2 Å². The van der Waals surface area contributed by atoms with E-state index >= 15 is 0 Å². The van der Waals surface area contributed by atoms with Crippen LogP contribution >= 0.6 is 23.2 Å². The first-order valence-corrected chi connectivity index (χ1v) is 11.1. The van der Waals surface area contributed by atoms with E-state index in [0.29, 0.717) is 17.9 Å². The molecule has 1 aromatic heterocycles. The van der Waals surface area contributed by atoms with Gasteiger partial charge < -0.3 is 24.2 Å². The van der Waals surface area contributed by atoms with E-state index in [0.717, 1.165) is 23.3 Å². The Kier molecular flexibility index (Phi) is 14.2. The van der Waals surface area contributed by atoms with Gasteiger partial charge in [-0.05, 0) is 48.9 Å². The predicted molar refractivity (Wildman–Crippen MR) is 138 cm³/mol. The molecule has 3 rings (SSSR count). The number of aromatic nitrogens is 2. The Hall–Kier alpha value is -3.30. The smallest absolute Gasteiger partial charge is 0.271 e. The van der Waals surface area contributed by atoms with E-state index in [1.165, 1.54) is 25.4 Å². The van der Waals surface area contributed by atoms with Crippen molar-refractivity contribution in [1.29, 1.82) is 0 Å². The minimum Gasteiger partial charge on any atom is -0.497 e. The number of hydrogen-bond donors (Lipinski definition) is 1. The highest BCUT2D eigenvalue weighted by molar-refractivity contribution is 6.31. The van der Waals surface area contributed by atoms with Crippen molar-refractivity contribution >= 4 is 42.7 Å². The van der Waals surface area contributed by atoms with Gasteiger partial charge in [0.15, 0.2) is 0 Å². The molecule has 0 fully saturated rings. The molecule has 11 heteroatoms. The van der Waals surface area contributed by atoms with Crippen LogP contribution in [0.4, 0.5) is 8.78 Å². The van der Waals surface area contributed by atoms with Gasteiger partial charge in [-0.3, -0.25) is 4.79 Å². The van der Waals surface area contributed by atoms with Crippen LogP contribution in [0.3, 0.4) is 0 Å². The van der Waals surface area contributed by atoms with Gasteiger partial charge >= 0.3 is 0 Å². The van der Waals surface area contributed by atoms with Crippen LogP contribution in [-0.2, 0) is 21.9 Å². The van der Waals surface area contributed by atoms with E-state index in [4.69, 9.17) is 37.5 Å². The van der Waals surface area contributed by atoms with Gasteiger partial charge in [0.05, 0.1) is 7.11 Å². The van der Waals surface area contributed by atoms with Crippen LogP contribution in [-0.4, -0.2) is 43.2 Å². The first kappa shape index (κ1) is 32.7. The Balaban J connectivity index is 0.000000730. The summed E-state index contributed by atoms with van der Waals surface area (Å²) in [5.74, 6) is -1.90. The molecule has 2 aromatic carbocycles. The highest BCUT2D eigenvalue weighted by Crippen LogP contribution is 2.31. The molecule has 0 unspecified atom stereocenters. The molecule has 7 nitrogen and oxygen atoms in total. The Morgan fingerprint density at radius 3 is 2.22 bits per heavy atom. The number of hydrogen-bond acceptors (Lipinski definition) is 5. The van der Waals surface area contributed by atoms with Gasteiger partial charge in [-0.2, -0.15) is 0 Å². The maximum atomic E-state index is 13.6. The molecule has 0 bridgehead atoms. The quantitative estimate of drug-likeness (QED) is 0.436. The number of carbonyl (C=O) groups is 3. The van der Waals surface area contributed by atoms with Crippen molar-refractivity contribution < 1.29 is 27.9 Å². The van der Waals surface area contributed by atoms with Crippen LogP contribution in [0.25, 0.3) is 5.69 Å². The molecule has 0 spiro atoms. The van der Waals surface area contributed by atoms with Crippen molar-refractivity contribution in [3.63, 3.8) is 0 Å². The number of amides is 1. The third-order valence-corrected chi connectivity index (χ3v) is 5.23. The Morgan fingerprint density at radius 1 is 1.14 bits per heavy atom. The molecule has 1 heterocycles. The molecule has 0 aliphatic rings. The summed E-state index contributed by atoms with van der Waals surface area (Å²) < 4.78 is 33.7. The molecular formula is C25H29Cl2F2N3O4. The molecule has 0 radical (unpaired) electrons. The predicted octanol–water partition coefficient (Wildman–Crippen LogP) is 5.85. The molecule has 0 saturated heterocycles. The molecule has 196 valence electrons. The van der Waals surface area contributed by atoms with Crippen molar-refractivity contribution in [3.8, 4) is 11.4 Å². The van der Waals surface area contributed by atoms with Crippen molar-refractivity contribution in [2.24, 2.45) is 0 Å². The minimum absolute atomic E-state index is 0.188. The van der Waals surface area contributed by atoms with Gasteiger partial charge in [0, 0.05) is 47.9 Å². The molecule has 1 amide bonds. The summed E-state index contributed by atoms with van der Waals surface area (Å²) in [6.45, 7) is 8.63. The fourth-order valence-electron chi connectivity index (χ4n) is 2.84. The number of alkyl halides is 2. The number of ether oxygens (including phenoxy) is 1. The van der Waals surface area contributed by atoms with Crippen LogP contribution in [0.2, 0.25) is 10.0 Å². The van der Waals surface area contributed by atoms with Crippen LogP contribution < -0.4 is 10.1 Å². The number of imidazole rings is 1. The minimum atomic E-state index is -3.00. The number of benzene rings is 2. The van der Waals surface area contributed by atoms with Crippen molar-refractivity contribution in [2.45, 2.75) is 33.1 Å². The summed E-state index contributed by atoms with van der Waals surface area (Å²) in [7, 11) is 3.14. The summed E-state index contributed by atoms with van der Waals surface area (Å²) in [5, 5.41) is 3.46. The highest BCUT2D eigenvalue weighted by atomic mass is 35.5.